The van der Waals surface area contributed by atoms with Crippen molar-refractivity contribution in [3.8, 4) is 0 Å². The second-order valence-corrected chi connectivity index (χ2v) is 3.89. The van der Waals surface area contributed by atoms with Crippen molar-refractivity contribution < 1.29 is 9.90 Å². The molecule has 0 bridgehead atoms. The summed E-state index contributed by atoms with van der Waals surface area (Å²) < 4.78 is 0. The Morgan fingerprint density at radius 2 is 2.38 bits per heavy atom. The Hall–Kier alpha value is -1.77. The summed E-state index contributed by atoms with van der Waals surface area (Å²) in [5.74, 6) is -0.907. The average molecular weight is 217 g/mol. The number of hydrogen-bond acceptors (Lipinski definition) is 2. The van der Waals surface area contributed by atoms with Gasteiger partial charge in [0.15, 0.2) is 0 Å². The molecule has 2 rings (SSSR count). The van der Waals surface area contributed by atoms with Crippen LogP contribution in [-0.2, 0) is 11.2 Å². The van der Waals surface area contributed by atoms with Gasteiger partial charge in [-0.1, -0.05) is 6.07 Å². The van der Waals surface area contributed by atoms with Crippen LogP contribution in [0.5, 0.6) is 0 Å². The number of anilines is 1. The van der Waals surface area contributed by atoms with E-state index in [1.54, 1.807) is 6.08 Å². The van der Waals surface area contributed by atoms with E-state index in [4.69, 9.17) is 5.11 Å². The van der Waals surface area contributed by atoms with E-state index in [-0.39, 0.29) is 0 Å². The number of rotatable bonds is 3. The van der Waals surface area contributed by atoms with Gasteiger partial charge in [-0.15, -0.1) is 0 Å². The highest BCUT2D eigenvalue weighted by Gasteiger charge is 2.16. The number of benzene rings is 1. The summed E-state index contributed by atoms with van der Waals surface area (Å²) in [4.78, 5) is 12.7. The number of hydrogen-bond donors (Lipinski definition) is 1. The van der Waals surface area contributed by atoms with Crippen molar-refractivity contribution in [1.82, 2.24) is 0 Å². The van der Waals surface area contributed by atoms with Gasteiger partial charge in [-0.05, 0) is 42.7 Å². The lowest BCUT2D eigenvalue weighted by Crippen LogP contribution is -2.18. The van der Waals surface area contributed by atoms with E-state index in [9.17, 15) is 4.79 Å². The SMILES string of the molecule is CCN1CCc2cc(/C=C/C(=O)O)ccc21. The molecular weight excluding hydrogens is 202 g/mol. The van der Waals surface area contributed by atoms with E-state index in [0.29, 0.717) is 0 Å². The molecular formula is C13H15NO2. The van der Waals surface area contributed by atoms with Crippen molar-refractivity contribution in [1.29, 1.82) is 0 Å². The summed E-state index contributed by atoms with van der Waals surface area (Å²) >= 11 is 0. The predicted molar refractivity (Wildman–Crippen MR) is 64.7 cm³/mol. The first-order chi connectivity index (χ1) is 7.70. The zero-order valence-corrected chi connectivity index (χ0v) is 9.31. The molecule has 0 atom stereocenters. The van der Waals surface area contributed by atoms with Crippen LogP contribution in [0.15, 0.2) is 24.3 Å². The third kappa shape index (κ3) is 2.08. The molecule has 1 heterocycles. The molecule has 0 amide bonds. The van der Waals surface area contributed by atoms with Gasteiger partial charge in [0, 0.05) is 24.9 Å². The third-order valence-corrected chi connectivity index (χ3v) is 2.90. The highest BCUT2D eigenvalue weighted by atomic mass is 16.4. The van der Waals surface area contributed by atoms with E-state index < -0.39 is 5.97 Å². The summed E-state index contributed by atoms with van der Waals surface area (Å²) in [5, 5.41) is 8.55. The van der Waals surface area contributed by atoms with Crippen LogP contribution in [-0.4, -0.2) is 24.2 Å². The monoisotopic (exact) mass is 217 g/mol. The molecule has 1 N–H and O–H groups in total. The number of carboxylic acids is 1. The van der Waals surface area contributed by atoms with Crippen LogP contribution < -0.4 is 4.90 Å². The number of nitrogens with zero attached hydrogens (tertiary/aromatic N) is 1. The van der Waals surface area contributed by atoms with Crippen molar-refractivity contribution in [3.05, 3.63) is 35.4 Å². The van der Waals surface area contributed by atoms with Gasteiger partial charge in [0.2, 0.25) is 0 Å². The zero-order valence-electron chi connectivity index (χ0n) is 9.31. The van der Waals surface area contributed by atoms with Crippen molar-refractivity contribution in [3.63, 3.8) is 0 Å². The van der Waals surface area contributed by atoms with Crippen molar-refractivity contribution in [2.75, 3.05) is 18.0 Å². The molecule has 0 aliphatic carbocycles. The Morgan fingerprint density at radius 1 is 1.56 bits per heavy atom. The van der Waals surface area contributed by atoms with Gasteiger partial charge in [-0.3, -0.25) is 0 Å². The van der Waals surface area contributed by atoms with Crippen LogP contribution in [0.4, 0.5) is 5.69 Å². The maximum Gasteiger partial charge on any atom is 0.328 e. The van der Waals surface area contributed by atoms with E-state index in [2.05, 4.69) is 24.0 Å². The van der Waals surface area contributed by atoms with E-state index in [0.717, 1.165) is 25.1 Å². The Labute approximate surface area is 95.0 Å². The number of carbonyl (C=O) groups is 1. The average Bonchev–Trinajstić information content (AvgIpc) is 2.68. The van der Waals surface area contributed by atoms with Crippen LogP contribution in [0.1, 0.15) is 18.1 Å². The maximum atomic E-state index is 10.4. The Bertz CT molecular complexity index is 438. The molecule has 1 aliphatic rings. The van der Waals surface area contributed by atoms with Crippen LogP contribution in [0.25, 0.3) is 6.08 Å². The molecule has 84 valence electrons. The lowest BCUT2D eigenvalue weighted by atomic mass is 10.1. The van der Waals surface area contributed by atoms with Gasteiger partial charge in [0.05, 0.1) is 0 Å². The molecule has 0 saturated heterocycles. The highest BCUT2D eigenvalue weighted by Crippen LogP contribution is 2.28. The van der Waals surface area contributed by atoms with Gasteiger partial charge >= 0.3 is 5.97 Å². The van der Waals surface area contributed by atoms with Gasteiger partial charge in [-0.2, -0.15) is 0 Å². The number of fused-ring (bicyclic) bond motifs is 1. The molecule has 3 nitrogen and oxygen atoms in total. The van der Waals surface area contributed by atoms with E-state index >= 15 is 0 Å². The summed E-state index contributed by atoms with van der Waals surface area (Å²) in [6.07, 6.45) is 3.86. The molecule has 1 aromatic rings. The second kappa shape index (κ2) is 4.39. The minimum absolute atomic E-state index is 0.907. The first kappa shape index (κ1) is 10.7. The molecule has 0 aromatic heterocycles. The normalized spacial score (nSPS) is 14.4. The summed E-state index contributed by atoms with van der Waals surface area (Å²) in [6.45, 7) is 4.24. The number of carboxylic acid groups (broad SMARTS) is 1. The fraction of sp³-hybridized carbons (Fsp3) is 0.308. The standard InChI is InChI=1S/C13H15NO2/c1-2-14-8-7-11-9-10(3-5-12(11)14)4-6-13(15)16/h3-6,9H,2,7-8H2,1H3,(H,15,16)/b6-4+. The summed E-state index contributed by atoms with van der Waals surface area (Å²) in [7, 11) is 0. The first-order valence-corrected chi connectivity index (χ1v) is 5.49. The fourth-order valence-corrected chi connectivity index (χ4v) is 2.09. The maximum absolute atomic E-state index is 10.4. The lowest BCUT2D eigenvalue weighted by Gasteiger charge is -2.16. The smallest absolute Gasteiger partial charge is 0.328 e. The van der Waals surface area contributed by atoms with E-state index in [1.165, 1.54) is 17.3 Å². The van der Waals surface area contributed by atoms with Gasteiger partial charge in [-0.25, -0.2) is 4.79 Å². The first-order valence-electron chi connectivity index (χ1n) is 5.49. The summed E-state index contributed by atoms with van der Waals surface area (Å²) in [5.41, 5.74) is 3.56. The van der Waals surface area contributed by atoms with Crippen LogP contribution >= 0.6 is 0 Å². The van der Waals surface area contributed by atoms with Gasteiger partial charge in [0.25, 0.3) is 0 Å². The predicted octanol–water partition coefficient (Wildman–Crippen LogP) is 2.17. The topological polar surface area (TPSA) is 40.5 Å². The number of aliphatic carboxylic acids is 1. The second-order valence-electron chi connectivity index (χ2n) is 3.89. The molecule has 3 heteroatoms. The van der Waals surface area contributed by atoms with Crippen molar-refractivity contribution >= 4 is 17.7 Å². The molecule has 0 spiro atoms. The van der Waals surface area contributed by atoms with Crippen molar-refractivity contribution in [2.45, 2.75) is 13.3 Å². The number of likely N-dealkylation sites (N-methyl/N-ethyl adjacent to an activating group) is 1. The molecule has 0 saturated carbocycles. The quantitative estimate of drug-likeness (QED) is 0.789. The lowest BCUT2D eigenvalue weighted by molar-refractivity contribution is -0.131. The van der Waals surface area contributed by atoms with Crippen LogP contribution in [0.2, 0.25) is 0 Å². The molecule has 0 fully saturated rings. The van der Waals surface area contributed by atoms with Crippen LogP contribution in [0.3, 0.4) is 0 Å². The minimum atomic E-state index is -0.907. The van der Waals surface area contributed by atoms with Crippen LogP contribution in [0, 0.1) is 0 Å². The zero-order chi connectivity index (χ0) is 11.5. The fourth-order valence-electron chi connectivity index (χ4n) is 2.09. The van der Waals surface area contributed by atoms with E-state index in [1.807, 2.05) is 6.07 Å². The Balaban J connectivity index is 2.24. The molecule has 0 radical (unpaired) electrons. The molecule has 16 heavy (non-hydrogen) atoms. The van der Waals surface area contributed by atoms with Gasteiger partial charge in [0.1, 0.15) is 0 Å². The largest absolute Gasteiger partial charge is 0.478 e. The highest BCUT2D eigenvalue weighted by molar-refractivity contribution is 5.85. The minimum Gasteiger partial charge on any atom is -0.478 e. The van der Waals surface area contributed by atoms with Gasteiger partial charge < -0.3 is 10.0 Å². The Kier molecular flexibility index (Phi) is 2.95. The molecule has 0 unspecified atom stereocenters. The van der Waals surface area contributed by atoms with Crippen molar-refractivity contribution in [2.24, 2.45) is 0 Å². The Morgan fingerprint density at radius 3 is 3.06 bits per heavy atom. The summed E-state index contributed by atoms with van der Waals surface area (Å²) in [6, 6.07) is 6.12. The molecule has 1 aromatic carbocycles. The molecule has 1 aliphatic heterocycles. The third-order valence-electron chi connectivity index (χ3n) is 2.90.